The summed E-state index contributed by atoms with van der Waals surface area (Å²) in [5.41, 5.74) is 0. The SMILES string of the molecule is CCCCCCCCCCCCCC[N+](C)(C)C.[B-]. The summed E-state index contributed by atoms with van der Waals surface area (Å²) in [4.78, 5) is 0. The Bertz CT molecular complexity index is 163. The number of hydrogen-bond donors (Lipinski definition) is 0. The van der Waals surface area contributed by atoms with Gasteiger partial charge in [0.2, 0.25) is 0 Å². The Hall–Kier alpha value is 0.0249. The molecule has 0 N–H and O–H groups in total. The average Bonchev–Trinajstić information content (AvgIpc) is 2.29. The molecule has 0 saturated heterocycles. The summed E-state index contributed by atoms with van der Waals surface area (Å²) in [6, 6.07) is 0. The van der Waals surface area contributed by atoms with Gasteiger partial charge in [-0.1, -0.05) is 71.1 Å². The van der Waals surface area contributed by atoms with E-state index < -0.39 is 0 Å². The van der Waals surface area contributed by atoms with Gasteiger partial charge >= 0.3 is 0 Å². The first-order chi connectivity index (χ1) is 8.56. The molecule has 0 atom stereocenters. The van der Waals surface area contributed by atoms with Crippen molar-refractivity contribution in [3.63, 3.8) is 0 Å². The molecule has 4 radical (unpaired) electrons. The van der Waals surface area contributed by atoms with E-state index in [1.165, 1.54) is 83.6 Å². The molecule has 0 aliphatic rings. The number of quaternary nitrogens is 1. The molecule has 0 aromatic rings. The molecule has 0 rings (SSSR count). The van der Waals surface area contributed by atoms with Crippen molar-refractivity contribution in [1.29, 1.82) is 0 Å². The highest BCUT2D eigenvalue weighted by Gasteiger charge is 2.04. The minimum Gasteiger partial charge on any atom is -1.00 e. The van der Waals surface area contributed by atoms with E-state index in [9.17, 15) is 0 Å². The van der Waals surface area contributed by atoms with Crippen LogP contribution < -0.4 is 0 Å². The fraction of sp³-hybridized carbons (Fsp3) is 1.00. The quantitative estimate of drug-likeness (QED) is 0.250. The van der Waals surface area contributed by atoms with Gasteiger partial charge in [-0.15, -0.1) is 0 Å². The van der Waals surface area contributed by atoms with Crippen molar-refractivity contribution in [2.75, 3.05) is 27.7 Å². The first-order valence-electron chi connectivity index (χ1n) is 8.36. The normalized spacial score (nSPS) is 11.4. The predicted molar refractivity (Wildman–Crippen MR) is 89.7 cm³/mol. The van der Waals surface area contributed by atoms with Gasteiger partial charge < -0.3 is 12.9 Å². The van der Waals surface area contributed by atoms with E-state index in [1.54, 1.807) is 0 Å². The molecule has 0 amide bonds. The molecule has 2 heteroatoms. The van der Waals surface area contributed by atoms with Crippen LogP contribution in [0.25, 0.3) is 0 Å². The summed E-state index contributed by atoms with van der Waals surface area (Å²) < 4.78 is 1.12. The van der Waals surface area contributed by atoms with Gasteiger partial charge in [0.1, 0.15) is 0 Å². The topological polar surface area (TPSA) is 0 Å². The lowest BCUT2D eigenvalue weighted by Gasteiger charge is -2.23. The Balaban J connectivity index is 0. The fourth-order valence-corrected chi connectivity index (χ4v) is 2.43. The Morgan fingerprint density at radius 1 is 0.526 bits per heavy atom. The Kier molecular flexibility index (Phi) is 16.2. The van der Waals surface area contributed by atoms with Crippen molar-refractivity contribution < 1.29 is 4.48 Å². The summed E-state index contributed by atoms with van der Waals surface area (Å²) >= 11 is 0. The van der Waals surface area contributed by atoms with Gasteiger partial charge in [0.25, 0.3) is 0 Å². The van der Waals surface area contributed by atoms with Crippen LogP contribution in [0.2, 0.25) is 0 Å². The summed E-state index contributed by atoms with van der Waals surface area (Å²) in [5.74, 6) is 0. The Labute approximate surface area is 125 Å². The van der Waals surface area contributed by atoms with E-state index in [2.05, 4.69) is 28.1 Å². The summed E-state index contributed by atoms with van der Waals surface area (Å²) in [5, 5.41) is 0. The van der Waals surface area contributed by atoms with Crippen LogP contribution >= 0.6 is 0 Å². The molecular weight excluding hydrogens is 229 g/mol. The molecular formula is C17H38BN. The second-order valence-electron chi connectivity index (χ2n) is 6.90. The molecule has 1 nitrogen and oxygen atoms in total. The Morgan fingerprint density at radius 3 is 1.16 bits per heavy atom. The van der Waals surface area contributed by atoms with Crippen molar-refractivity contribution in [1.82, 2.24) is 0 Å². The molecule has 0 saturated carbocycles. The molecule has 0 spiro atoms. The maximum absolute atomic E-state index is 2.29. The number of unbranched alkanes of at least 4 members (excludes halogenated alkanes) is 11. The molecule has 0 aromatic carbocycles. The molecule has 0 aliphatic carbocycles. The average molecular weight is 267 g/mol. The highest BCUT2D eigenvalue weighted by Crippen LogP contribution is 2.12. The second-order valence-corrected chi connectivity index (χ2v) is 6.90. The van der Waals surface area contributed by atoms with Crippen LogP contribution in [0.15, 0.2) is 0 Å². The van der Waals surface area contributed by atoms with Gasteiger partial charge in [-0.3, -0.25) is 0 Å². The van der Waals surface area contributed by atoms with Crippen LogP contribution in [0.3, 0.4) is 0 Å². The third-order valence-electron chi connectivity index (χ3n) is 3.68. The molecule has 0 fully saturated rings. The first kappa shape index (κ1) is 21.3. The highest BCUT2D eigenvalue weighted by molar-refractivity contribution is 5.75. The van der Waals surface area contributed by atoms with E-state index in [-0.39, 0.29) is 8.41 Å². The monoisotopic (exact) mass is 267 g/mol. The van der Waals surface area contributed by atoms with Crippen molar-refractivity contribution >= 4 is 8.41 Å². The Morgan fingerprint density at radius 2 is 0.842 bits per heavy atom. The van der Waals surface area contributed by atoms with Crippen LogP contribution in [0.1, 0.15) is 84.0 Å². The van der Waals surface area contributed by atoms with Crippen LogP contribution in [0, 0.1) is 0 Å². The number of nitrogens with zero attached hydrogens (tertiary/aromatic N) is 1. The van der Waals surface area contributed by atoms with Crippen molar-refractivity contribution in [2.24, 2.45) is 0 Å². The molecule has 0 unspecified atom stereocenters. The maximum atomic E-state index is 2.29. The lowest BCUT2D eigenvalue weighted by molar-refractivity contribution is -0.870. The summed E-state index contributed by atoms with van der Waals surface area (Å²) in [6.07, 6.45) is 17.4. The van der Waals surface area contributed by atoms with Gasteiger partial charge in [0.05, 0.1) is 27.7 Å². The van der Waals surface area contributed by atoms with Gasteiger partial charge in [-0.05, 0) is 12.8 Å². The van der Waals surface area contributed by atoms with E-state index in [4.69, 9.17) is 0 Å². The zero-order valence-corrected chi connectivity index (χ0v) is 14.2. The van der Waals surface area contributed by atoms with Gasteiger partial charge in [-0.2, -0.15) is 0 Å². The van der Waals surface area contributed by atoms with Gasteiger partial charge in [0, 0.05) is 0 Å². The van der Waals surface area contributed by atoms with Crippen molar-refractivity contribution in [3.8, 4) is 0 Å². The minimum atomic E-state index is 0. The third kappa shape index (κ3) is 20.5. The van der Waals surface area contributed by atoms with Crippen LogP contribution in [-0.2, 0) is 0 Å². The maximum Gasteiger partial charge on any atom is 0.0780 e. The van der Waals surface area contributed by atoms with Crippen molar-refractivity contribution in [2.45, 2.75) is 84.0 Å². The lowest BCUT2D eigenvalue weighted by atomic mass is 10.1. The van der Waals surface area contributed by atoms with Gasteiger partial charge in [-0.25, -0.2) is 0 Å². The largest absolute Gasteiger partial charge is 1.00 e. The van der Waals surface area contributed by atoms with Crippen LogP contribution in [0.5, 0.6) is 0 Å². The van der Waals surface area contributed by atoms with E-state index in [1.807, 2.05) is 0 Å². The summed E-state index contributed by atoms with van der Waals surface area (Å²) in [7, 11) is 6.87. The molecule has 0 heterocycles. The van der Waals surface area contributed by atoms with E-state index in [0.29, 0.717) is 0 Å². The van der Waals surface area contributed by atoms with E-state index >= 15 is 0 Å². The number of rotatable bonds is 13. The number of hydrogen-bond acceptors (Lipinski definition) is 0. The standard InChI is InChI=1S/C17H38N.B/c1-5-6-7-8-9-10-11-12-13-14-15-16-17-18(2,3)4;/h5-17H2,1-4H3;/q+1;-1. The minimum absolute atomic E-state index is 0. The summed E-state index contributed by atoms with van der Waals surface area (Å²) in [6.45, 7) is 3.62. The van der Waals surface area contributed by atoms with Gasteiger partial charge in [0.15, 0.2) is 0 Å². The fourth-order valence-electron chi connectivity index (χ4n) is 2.43. The predicted octanol–water partition coefficient (Wildman–Crippen LogP) is 5.01. The molecule has 114 valence electrons. The smallest absolute Gasteiger partial charge is 0.0780 e. The van der Waals surface area contributed by atoms with Crippen LogP contribution in [0.4, 0.5) is 0 Å². The molecule has 0 bridgehead atoms. The zero-order valence-electron chi connectivity index (χ0n) is 14.2. The highest BCUT2D eigenvalue weighted by atomic mass is 15.3. The first-order valence-corrected chi connectivity index (χ1v) is 8.36. The second kappa shape index (κ2) is 14.4. The van der Waals surface area contributed by atoms with Crippen LogP contribution in [-0.4, -0.2) is 40.6 Å². The molecule has 19 heavy (non-hydrogen) atoms. The lowest BCUT2D eigenvalue weighted by Crippen LogP contribution is -2.35. The zero-order chi connectivity index (χ0) is 13.7. The molecule has 0 aliphatic heterocycles. The van der Waals surface area contributed by atoms with Crippen molar-refractivity contribution in [3.05, 3.63) is 0 Å². The molecule has 0 aromatic heterocycles. The van der Waals surface area contributed by atoms with E-state index in [0.717, 1.165) is 4.48 Å². The third-order valence-corrected chi connectivity index (χ3v) is 3.68.